The van der Waals surface area contributed by atoms with Crippen LogP contribution in [0.3, 0.4) is 0 Å². The number of piperazine rings is 1. The zero-order valence-corrected chi connectivity index (χ0v) is 14.7. The lowest BCUT2D eigenvalue weighted by atomic mass is 10.1. The SMILES string of the molecule is O=C(Cc1coc(-c2ccc(Cl)cc2)n1)N1CCNCC1c1cn[nH]c1. The van der Waals surface area contributed by atoms with Gasteiger partial charge in [0.1, 0.15) is 6.26 Å². The molecule has 1 amide bonds. The van der Waals surface area contributed by atoms with Crippen molar-refractivity contribution in [3.05, 3.63) is 59.2 Å². The number of nitrogens with one attached hydrogen (secondary N) is 2. The smallest absolute Gasteiger partial charge is 0.229 e. The molecule has 1 aromatic carbocycles. The predicted molar refractivity (Wildman–Crippen MR) is 96.6 cm³/mol. The molecule has 1 aliphatic heterocycles. The van der Waals surface area contributed by atoms with Crippen molar-refractivity contribution in [2.24, 2.45) is 0 Å². The van der Waals surface area contributed by atoms with Gasteiger partial charge in [0.2, 0.25) is 11.8 Å². The number of aromatic nitrogens is 3. The third-order valence-electron chi connectivity index (χ3n) is 4.44. The van der Waals surface area contributed by atoms with Crippen molar-refractivity contribution in [2.45, 2.75) is 12.5 Å². The van der Waals surface area contributed by atoms with Gasteiger partial charge in [-0.3, -0.25) is 9.89 Å². The van der Waals surface area contributed by atoms with Crippen LogP contribution in [0.15, 0.2) is 47.3 Å². The Hall–Kier alpha value is -2.64. The number of aromatic amines is 1. The van der Waals surface area contributed by atoms with Gasteiger partial charge in [-0.15, -0.1) is 0 Å². The van der Waals surface area contributed by atoms with Gasteiger partial charge in [-0.05, 0) is 24.3 Å². The Morgan fingerprint density at radius 1 is 1.35 bits per heavy atom. The summed E-state index contributed by atoms with van der Waals surface area (Å²) in [5.74, 6) is 0.504. The fourth-order valence-electron chi connectivity index (χ4n) is 3.11. The molecule has 0 aliphatic carbocycles. The van der Waals surface area contributed by atoms with Crippen LogP contribution in [-0.4, -0.2) is 45.6 Å². The van der Waals surface area contributed by atoms with Crippen LogP contribution >= 0.6 is 11.6 Å². The van der Waals surface area contributed by atoms with Gasteiger partial charge in [-0.25, -0.2) is 4.98 Å². The van der Waals surface area contributed by atoms with Crippen molar-refractivity contribution in [1.82, 2.24) is 25.4 Å². The molecule has 1 unspecified atom stereocenters. The van der Waals surface area contributed by atoms with E-state index in [1.807, 2.05) is 23.2 Å². The van der Waals surface area contributed by atoms with E-state index in [1.165, 1.54) is 6.26 Å². The topological polar surface area (TPSA) is 87.1 Å². The first-order valence-corrected chi connectivity index (χ1v) is 8.78. The van der Waals surface area contributed by atoms with E-state index >= 15 is 0 Å². The Bertz CT molecular complexity index is 875. The Morgan fingerprint density at radius 3 is 2.96 bits per heavy atom. The van der Waals surface area contributed by atoms with Crippen LogP contribution in [0.4, 0.5) is 0 Å². The summed E-state index contributed by atoms with van der Waals surface area (Å²) in [5, 5.41) is 10.8. The maximum Gasteiger partial charge on any atom is 0.229 e. The highest BCUT2D eigenvalue weighted by molar-refractivity contribution is 6.30. The highest BCUT2D eigenvalue weighted by Gasteiger charge is 2.29. The second-order valence-electron chi connectivity index (χ2n) is 6.17. The molecule has 0 saturated carbocycles. The first kappa shape index (κ1) is 16.8. The number of halogens is 1. The molecule has 0 bridgehead atoms. The number of carbonyl (C=O) groups excluding carboxylic acids is 1. The fraction of sp³-hybridized carbons (Fsp3) is 0.278. The molecule has 1 saturated heterocycles. The van der Waals surface area contributed by atoms with E-state index in [4.69, 9.17) is 16.0 Å². The van der Waals surface area contributed by atoms with Crippen molar-refractivity contribution < 1.29 is 9.21 Å². The average Bonchev–Trinajstić information content (AvgIpc) is 3.34. The minimum absolute atomic E-state index is 0.0219. The summed E-state index contributed by atoms with van der Waals surface area (Å²) < 4.78 is 5.53. The van der Waals surface area contributed by atoms with Crippen LogP contribution in [0.1, 0.15) is 17.3 Å². The van der Waals surface area contributed by atoms with Gasteiger partial charge < -0.3 is 14.6 Å². The maximum atomic E-state index is 12.8. The van der Waals surface area contributed by atoms with E-state index in [0.29, 0.717) is 29.7 Å². The molecule has 1 atom stereocenters. The molecular weight excluding hydrogens is 354 g/mol. The number of amides is 1. The number of hydrogen-bond acceptors (Lipinski definition) is 5. The molecule has 1 aliphatic rings. The molecule has 8 heteroatoms. The molecule has 2 aromatic heterocycles. The van der Waals surface area contributed by atoms with E-state index < -0.39 is 0 Å². The van der Waals surface area contributed by atoms with Crippen LogP contribution < -0.4 is 5.32 Å². The molecule has 7 nitrogen and oxygen atoms in total. The van der Waals surface area contributed by atoms with Gasteiger partial charge in [0.05, 0.1) is 24.4 Å². The number of oxazole rings is 1. The number of benzene rings is 1. The molecular formula is C18H18ClN5O2. The van der Waals surface area contributed by atoms with Crippen LogP contribution in [0.2, 0.25) is 5.02 Å². The maximum absolute atomic E-state index is 12.8. The van der Waals surface area contributed by atoms with E-state index in [9.17, 15) is 4.79 Å². The van der Waals surface area contributed by atoms with E-state index in [2.05, 4.69) is 20.5 Å². The molecule has 26 heavy (non-hydrogen) atoms. The second kappa shape index (κ2) is 7.31. The first-order valence-electron chi connectivity index (χ1n) is 8.40. The Balaban J connectivity index is 1.48. The molecule has 2 N–H and O–H groups in total. The molecule has 0 spiro atoms. The van der Waals surface area contributed by atoms with Crippen molar-refractivity contribution in [3.63, 3.8) is 0 Å². The Morgan fingerprint density at radius 2 is 2.19 bits per heavy atom. The molecule has 0 radical (unpaired) electrons. The lowest BCUT2D eigenvalue weighted by Gasteiger charge is -2.35. The van der Waals surface area contributed by atoms with Crippen LogP contribution in [0.25, 0.3) is 11.5 Å². The molecule has 4 rings (SSSR count). The fourth-order valence-corrected chi connectivity index (χ4v) is 3.24. The Kier molecular flexibility index (Phi) is 4.73. The summed E-state index contributed by atoms with van der Waals surface area (Å²) >= 11 is 5.90. The van der Waals surface area contributed by atoms with Gasteiger partial charge in [0, 0.05) is 42.0 Å². The highest BCUT2D eigenvalue weighted by Crippen LogP contribution is 2.24. The van der Waals surface area contributed by atoms with Crippen molar-refractivity contribution >= 4 is 17.5 Å². The second-order valence-corrected chi connectivity index (χ2v) is 6.60. The predicted octanol–water partition coefficient (Wildman–Crippen LogP) is 2.43. The minimum atomic E-state index is -0.0300. The van der Waals surface area contributed by atoms with Crippen LogP contribution in [0, 0.1) is 0 Å². The zero-order chi connectivity index (χ0) is 17.9. The third kappa shape index (κ3) is 3.49. The summed E-state index contributed by atoms with van der Waals surface area (Å²) in [5.41, 5.74) is 2.43. The van der Waals surface area contributed by atoms with Gasteiger partial charge in [0.25, 0.3) is 0 Å². The molecule has 3 aromatic rings. The van der Waals surface area contributed by atoms with Crippen molar-refractivity contribution in [1.29, 1.82) is 0 Å². The van der Waals surface area contributed by atoms with Crippen molar-refractivity contribution in [3.8, 4) is 11.5 Å². The van der Waals surface area contributed by atoms with Crippen LogP contribution in [0.5, 0.6) is 0 Å². The normalized spacial score (nSPS) is 17.4. The van der Waals surface area contributed by atoms with E-state index in [1.54, 1.807) is 18.3 Å². The zero-order valence-electron chi connectivity index (χ0n) is 14.0. The first-order chi connectivity index (χ1) is 12.7. The van der Waals surface area contributed by atoms with Crippen molar-refractivity contribution in [2.75, 3.05) is 19.6 Å². The number of H-pyrrole nitrogens is 1. The number of hydrogen-bond donors (Lipinski definition) is 2. The summed E-state index contributed by atoms with van der Waals surface area (Å²) in [4.78, 5) is 19.1. The van der Waals surface area contributed by atoms with E-state index in [-0.39, 0.29) is 18.4 Å². The molecule has 3 heterocycles. The highest BCUT2D eigenvalue weighted by atomic mass is 35.5. The molecule has 134 valence electrons. The van der Waals surface area contributed by atoms with Gasteiger partial charge in [-0.2, -0.15) is 5.10 Å². The van der Waals surface area contributed by atoms with Gasteiger partial charge in [0.15, 0.2) is 0 Å². The van der Waals surface area contributed by atoms with Gasteiger partial charge in [-0.1, -0.05) is 11.6 Å². The average molecular weight is 372 g/mol. The standard InChI is InChI=1S/C18H18ClN5O2/c19-14-3-1-12(2-4-14)18-23-15(11-26-18)7-17(25)24-6-5-20-10-16(24)13-8-21-22-9-13/h1-4,8-9,11,16,20H,5-7,10H2,(H,21,22). The summed E-state index contributed by atoms with van der Waals surface area (Å²) in [6.45, 7) is 2.13. The van der Waals surface area contributed by atoms with Crippen LogP contribution in [-0.2, 0) is 11.2 Å². The largest absolute Gasteiger partial charge is 0.444 e. The number of rotatable bonds is 4. The minimum Gasteiger partial charge on any atom is -0.444 e. The summed E-state index contributed by atoms with van der Waals surface area (Å²) in [6.07, 6.45) is 5.32. The third-order valence-corrected chi connectivity index (χ3v) is 4.70. The van der Waals surface area contributed by atoms with Gasteiger partial charge >= 0.3 is 0 Å². The number of nitrogens with zero attached hydrogens (tertiary/aromatic N) is 3. The molecule has 1 fully saturated rings. The quantitative estimate of drug-likeness (QED) is 0.735. The Labute approximate surface area is 155 Å². The lowest BCUT2D eigenvalue weighted by Crippen LogP contribution is -2.49. The van der Waals surface area contributed by atoms with E-state index in [0.717, 1.165) is 17.7 Å². The summed E-state index contributed by atoms with van der Waals surface area (Å²) in [7, 11) is 0. The summed E-state index contributed by atoms with van der Waals surface area (Å²) in [6, 6.07) is 7.21. The monoisotopic (exact) mass is 371 g/mol. The number of carbonyl (C=O) groups is 1. The lowest BCUT2D eigenvalue weighted by molar-refractivity contribution is -0.133.